The van der Waals surface area contributed by atoms with Crippen LogP contribution in [0.1, 0.15) is 18.9 Å². The SMILES string of the molecule is C/C(CCc1ccc(F)cc1)=C1/C=CC(F)=C[CH+]1. The van der Waals surface area contributed by atoms with Crippen molar-refractivity contribution in [3.63, 3.8) is 0 Å². The number of allylic oxidation sites excluding steroid dienone is 6. The number of halogens is 2. The first-order chi connectivity index (χ1) is 8.65. The highest BCUT2D eigenvalue weighted by molar-refractivity contribution is 5.43. The number of hydrogen-bond acceptors (Lipinski definition) is 0. The minimum Gasteiger partial charge on any atom is -0.207 e. The maximum Gasteiger partial charge on any atom is 0.204 e. The molecule has 0 aliphatic heterocycles. The zero-order chi connectivity index (χ0) is 13.0. The van der Waals surface area contributed by atoms with Crippen LogP contribution in [0.25, 0.3) is 0 Å². The zero-order valence-corrected chi connectivity index (χ0v) is 10.3. The van der Waals surface area contributed by atoms with Gasteiger partial charge in [0.1, 0.15) is 5.82 Å². The molecule has 0 bridgehead atoms. The molecule has 0 heterocycles. The molecular weight excluding hydrogens is 230 g/mol. The third-order valence-electron chi connectivity index (χ3n) is 3.04. The Balaban J connectivity index is 1.96. The minimum absolute atomic E-state index is 0.210. The van der Waals surface area contributed by atoms with Crippen LogP contribution in [0.15, 0.2) is 59.5 Å². The zero-order valence-electron chi connectivity index (χ0n) is 10.3. The Bertz CT molecular complexity index is 504. The molecule has 0 radical (unpaired) electrons. The van der Waals surface area contributed by atoms with Gasteiger partial charge in [0.25, 0.3) is 0 Å². The Morgan fingerprint density at radius 3 is 2.44 bits per heavy atom. The van der Waals surface area contributed by atoms with Gasteiger partial charge in [0, 0.05) is 24.5 Å². The second-order valence-corrected chi connectivity index (χ2v) is 4.41. The van der Waals surface area contributed by atoms with E-state index in [0.717, 1.165) is 24.0 Å². The van der Waals surface area contributed by atoms with Crippen molar-refractivity contribution in [3.8, 4) is 0 Å². The van der Waals surface area contributed by atoms with Crippen molar-refractivity contribution in [1.82, 2.24) is 0 Å². The molecule has 0 aromatic heterocycles. The first-order valence-corrected chi connectivity index (χ1v) is 5.98. The predicted octanol–water partition coefficient (Wildman–Crippen LogP) is 4.70. The van der Waals surface area contributed by atoms with Crippen molar-refractivity contribution >= 4 is 0 Å². The quantitative estimate of drug-likeness (QED) is 0.677. The van der Waals surface area contributed by atoms with Crippen LogP contribution in [0.5, 0.6) is 0 Å². The van der Waals surface area contributed by atoms with Crippen molar-refractivity contribution in [2.45, 2.75) is 19.8 Å². The van der Waals surface area contributed by atoms with E-state index >= 15 is 0 Å². The monoisotopic (exact) mass is 245 g/mol. The van der Waals surface area contributed by atoms with Crippen molar-refractivity contribution in [1.29, 1.82) is 0 Å². The molecule has 1 aromatic rings. The molecular formula is C16H15F2+. The molecule has 0 atom stereocenters. The minimum atomic E-state index is -0.218. The fourth-order valence-corrected chi connectivity index (χ4v) is 1.86. The van der Waals surface area contributed by atoms with Crippen LogP contribution < -0.4 is 0 Å². The van der Waals surface area contributed by atoms with Gasteiger partial charge in [-0.2, -0.15) is 0 Å². The van der Waals surface area contributed by atoms with E-state index in [2.05, 4.69) is 0 Å². The summed E-state index contributed by atoms with van der Waals surface area (Å²) in [5.74, 6) is -0.428. The fraction of sp³-hybridized carbons (Fsp3) is 0.188. The van der Waals surface area contributed by atoms with E-state index in [4.69, 9.17) is 0 Å². The smallest absolute Gasteiger partial charge is 0.204 e. The van der Waals surface area contributed by atoms with Crippen molar-refractivity contribution < 1.29 is 8.78 Å². The standard InChI is InChI=1S/C16H15F2/c1-12(14-6-10-16(18)11-7-14)2-3-13-4-8-15(17)9-5-13/h4-11H,2-3H2,1H3/q+1. The van der Waals surface area contributed by atoms with Crippen LogP contribution >= 0.6 is 0 Å². The lowest BCUT2D eigenvalue weighted by Crippen LogP contribution is -1.93. The van der Waals surface area contributed by atoms with Gasteiger partial charge in [0.15, 0.2) is 0 Å². The maximum atomic E-state index is 12.8. The molecule has 0 saturated heterocycles. The van der Waals surface area contributed by atoms with E-state index in [1.807, 2.05) is 6.92 Å². The molecule has 0 nitrogen and oxygen atoms in total. The summed E-state index contributed by atoms with van der Waals surface area (Å²) >= 11 is 0. The Morgan fingerprint density at radius 2 is 1.83 bits per heavy atom. The average Bonchev–Trinajstić information content (AvgIpc) is 2.38. The van der Waals surface area contributed by atoms with Gasteiger partial charge in [-0.15, -0.1) is 4.39 Å². The lowest BCUT2D eigenvalue weighted by atomic mass is 9.97. The van der Waals surface area contributed by atoms with Crippen LogP contribution in [0.3, 0.4) is 0 Å². The first-order valence-electron chi connectivity index (χ1n) is 5.98. The van der Waals surface area contributed by atoms with Gasteiger partial charge in [-0.05, 0) is 31.0 Å². The molecule has 1 aromatic carbocycles. The molecule has 2 rings (SSSR count). The molecule has 0 saturated carbocycles. The summed E-state index contributed by atoms with van der Waals surface area (Å²) in [6.45, 7) is 2.04. The first kappa shape index (κ1) is 12.6. The molecule has 2 heteroatoms. The summed E-state index contributed by atoms with van der Waals surface area (Å²) in [6.07, 6.45) is 8.26. The highest BCUT2D eigenvalue weighted by atomic mass is 19.1. The van der Waals surface area contributed by atoms with Crippen molar-refractivity contribution in [2.24, 2.45) is 0 Å². The second-order valence-electron chi connectivity index (χ2n) is 4.41. The van der Waals surface area contributed by atoms with Crippen LogP contribution in [-0.4, -0.2) is 0 Å². The fourth-order valence-electron chi connectivity index (χ4n) is 1.86. The topological polar surface area (TPSA) is 0 Å². The molecule has 1 aliphatic rings. The van der Waals surface area contributed by atoms with Crippen LogP contribution in [0.2, 0.25) is 0 Å². The van der Waals surface area contributed by atoms with Gasteiger partial charge in [-0.25, -0.2) is 4.39 Å². The van der Waals surface area contributed by atoms with Crippen molar-refractivity contribution in [2.75, 3.05) is 0 Å². The van der Waals surface area contributed by atoms with Gasteiger partial charge in [0.2, 0.25) is 5.83 Å². The van der Waals surface area contributed by atoms with Crippen LogP contribution in [0.4, 0.5) is 8.78 Å². The van der Waals surface area contributed by atoms with E-state index < -0.39 is 0 Å². The van der Waals surface area contributed by atoms with Crippen molar-refractivity contribution in [3.05, 3.63) is 77.3 Å². The average molecular weight is 245 g/mol. The van der Waals surface area contributed by atoms with E-state index in [0.29, 0.717) is 0 Å². The molecule has 0 unspecified atom stereocenters. The van der Waals surface area contributed by atoms with Gasteiger partial charge in [-0.1, -0.05) is 12.1 Å². The largest absolute Gasteiger partial charge is 0.207 e. The molecule has 0 N–H and O–H groups in total. The van der Waals surface area contributed by atoms with Gasteiger partial charge in [0.05, 0.1) is 17.7 Å². The lowest BCUT2D eigenvalue weighted by molar-refractivity contribution is 0.627. The Morgan fingerprint density at radius 1 is 1.11 bits per heavy atom. The third-order valence-corrected chi connectivity index (χ3v) is 3.04. The summed E-state index contributed by atoms with van der Waals surface area (Å²) in [5, 5.41) is 0. The van der Waals surface area contributed by atoms with E-state index in [9.17, 15) is 8.78 Å². The molecule has 92 valence electrons. The number of benzene rings is 1. The number of hydrogen-bond donors (Lipinski definition) is 0. The van der Waals surface area contributed by atoms with Crippen LogP contribution in [-0.2, 0) is 6.42 Å². The number of rotatable bonds is 3. The summed E-state index contributed by atoms with van der Waals surface area (Å²) < 4.78 is 25.5. The highest BCUT2D eigenvalue weighted by Crippen LogP contribution is 2.21. The Labute approximate surface area is 106 Å². The second kappa shape index (κ2) is 5.67. The Kier molecular flexibility index (Phi) is 3.98. The maximum absolute atomic E-state index is 12.8. The Hall–Kier alpha value is -1.83. The summed E-state index contributed by atoms with van der Waals surface area (Å²) in [6, 6.07) is 6.55. The van der Waals surface area contributed by atoms with Gasteiger partial charge >= 0.3 is 0 Å². The molecule has 18 heavy (non-hydrogen) atoms. The summed E-state index contributed by atoms with van der Waals surface area (Å²) in [5.41, 5.74) is 3.37. The number of aryl methyl sites for hydroxylation is 1. The predicted molar refractivity (Wildman–Crippen MR) is 70.1 cm³/mol. The summed E-state index contributed by atoms with van der Waals surface area (Å²) in [7, 11) is 0. The van der Waals surface area contributed by atoms with Gasteiger partial charge < -0.3 is 0 Å². The molecule has 0 fully saturated rings. The third kappa shape index (κ3) is 3.33. The normalized spacial score (nSPS) is 17.2. The van der Waals surface area contributed by atoms with E-state index in [1.54, 1.807) is 24.6 Å². The lowest BCUT2D eigenvalue weighted by Gasteiger charge is -2.03. The van der Waals surface area contributed by atoms with E-state index in [-0.39, 0.29) is 11.6 Å². The summed E-state index contributed by atoms with van der Waals surface area (Å²) in [4.78, 5) is 0. The molecule has 0 amide bonds. The van der Waals surface area contributed by atoms with E-state index in [1.165, 1.54) is 29.9 Å². The van der Waals surface area contributed by atoms with Gasteiger partial charge in [-0.3, -0.25) is 0 Å². The molecule has 0 spiro atoms. The van der Waals surface area contributed by atoms with Crippen LogP contribution in [0, 0.1) is 12.2 Å². The molecule has 1 aliphatic carbocycles. The highest BCUT2D eigenvalue weighted by Gasteiger charge is 2.12.